The van der Waals surface area contributed by atoms with E-state index in [1.54, 1.807) is 0 Å². The molecule has 2 rings (SSSR count). The van der Waals surface area contributed by atoms with Gasteiger partial charge in [-0.05, 0) is 49.5 Å². The molecular formula is C12H19IN4. The largest absolute Gasteiger partial charge is 0.383 e. The maximum Gasteiger partial charge on any atom is 0.145 e. The summed E-state index contributed by atoms with van der Waals surface area (Å²) in [6, 6.07) is 0. The van der Waals surface area contributed by atoms with Crippen molar-refractivity contribution in [3.63, 3.8) is 0 Å². The van der Waals surface area contributed by atoms with Gasteiger partial charge in [0, 0.05) is 5.92 Å². The number of rotatable bonds is 3. The summed E-state index contributed by atoms with van der Waals surface area (Å²) in [5, 5.41) is 0. The van der Waals surface area contributed by atoms with E-state index in [-0.39, 0.29) is 0 Å². The Kier molecular flexibility index (Phi) is 4.19. The van der Waals surface area contributed by atoms with E-state index in [0.717, 1.165) is 15.9 Å². The highest BCUT2D eigenvalue weighted by Gasteiger charge is 2.23. The third-order valence-electron chi connectivity index (χ3n) is 3.15. The van der Waals surface area contributed by atoms with Gasteiger partial charge in [-0.1, -0.05) is 12.8 Å². The van der Waals surface area contributed by atoms with Gasteiger partial charge in [-0.15, -0.1) is 0 Å². The van der Waals surface area contributed by atoms with Crippen molar-refractivity contribution in [2.75, 3.05) is 19.8 Å². The molecule has 0 saturated heterocycles. The monoisotopic (exact) mass is 346 g/mol. The zero-order chi connectivity index (χ0) is 12.4. The lowest BCUT2D eigenvalue weighted by molar-refractivity contribution is 0.389. The fourth-order valence-corrected chi connectivity index (χ4v) is 3.04. The Morgan fingerprint density at radius 2 is 1.94 bits per heavy atom. The molecular weight excluding hydrogens is 327 g/mol. The second-order valence-corrected chi connectivity index (χ2v) is 6.02. The zero-order valence-corrected chi connectivity index (χ0v) is 12.6. The van der Waals surface area contributed by atoms with Gasteiger partial charge in [-0.3, -0.25) is 0 Å². The van der Waals surface area contributed by atoms with Crippen LogP contribution in [0.4, 0.5) is 5.82 Å². The van der Waals surface area contributed by atoms with Gasteiger partial charge in [0.1, 0.15) is 11.6 Å². The van der Waals surface area contributed by atoms with Crippen molar-refractivity contribution in [1.82, 2.24) is 14.9 Å². The van der Waals surface area contributed by atoms with Gasteiger partial charge in [0.2, 0.25) is 0 Å². The summed E-state index contributed by atoms with van der Waals surface area (Å²) in [4.78, 5) is 11.1. The molecule has 0 atom stereocenters. The number of nitrogens with two attached hydrogens (primary N) is 1. The molecule has 0 spiro atoms. The summed E-state index contributed by atoms with van der Waals surface area (Å²) in [5.41, 5.74) is 7.16. The summed E-state index contributed by atoms with van der Waals surface area (Å²) < 4.78 is 1.05. The van der Waals surface area contributed by atoms with E-state index in [1.807, 2.05) is 14.1 Å². The van der Waals surface area contributed by atoms with Crippen molar-refractivity contribution in [2.45, 2.75) is 38.1 Å². The van der Waals surface area contributed by atoms with Crippen molar-refractivity contribution in [2.24, 2.45) is 0 Å². The third kappa shape index (κ3) is 3.07. The quantitative estimate of drug-likeness (QED) is 0.854. The maximum absolute atomic E-state index is 5.99. The lowest BCUT2D eigenvalue weighted by Crippen LogP contribution is -2.17. The van der Waals surface area contributed by atoms with Crippen LogP contribution in [0.3, 0.4) is 0 Å². The van der Waals surface area contributed by atoms with E-state index >= 15 is 0 Å². The number of nitrogen functional groups attached to an aromatic ring is 1. The minimum atomic E-state index is 0.591. The highest BCUT2D eigenvalue weighted by molar-refractivity contribution is 14.1. The molecule has 1 aromatic rings. The molecule has 0 aliphatic heterocycles. The number of halogens is 1. The lowest BCUT2D eigenvalue weighted by Gasteiger charge is -2.15. The summed E-state index contributed by atoms with van der Waals surface area (Å²) in [7, 11) is 4.04. The standard InChI is InChI=1S/C12H19IN4/c1-17(2)7-9-15-11(8-5-3-4-6-8)10(13)12(14)16-9/h8H,3-7H2,1-2H3,(H2,14,15,16). The van der Waals surface area contributed by atoms with Gasteiger partial charge >= 0.3 is 0 Å². The van der Waals surface area contributed by atoms with Crippen molar-refractivity contribution >= 4 is 28.4 Å². The zero-order valence-electron chi connectivity index (χ0n) is 10.4. The summed E-state index contributed by atoms with van der Waals surface area (Å²) in [6.07, 6.45) is 5.11. The molecule has 1 aliphatic rings. The maximum atomic E-state index is 5.99. The first kappa shape index (κ1) is 13.0. The molecule has 5 heteroatoms. The molecule has 0 amide bonds. The average molecular weight is 346 g/mol. The van der Waals surface area contributed by atoms with Crippen molar-refractivity contribution in [3.8, 4) is 0 Å². The first-order valence-electron chi connectivity index (χ1n) is 6.04. The van der Waals surface area contributed by atoms with Crippen LogP contribution in [-0.4, -0.2) is 29.0 Å². The van der Waals surface area contributed by atoms with E-state index in [1.165, 1.54) is 31.4 Å². The second-order valence-electron chi connectivity index (χ2n) is 4.94. The molecule has 0 radical (unpaired) electrons. The van der Waals surface area contributed by atoms with E-state index in [2.05, 4.69) is 32.5 Å². The summed E-state index contributed by atoms with van der Waals surface area (Å²) in [5.74, 6) is 2.07. The summed E-state index contributed by atoms with van der Waals surface area (Å²) in [6.45, 7) is 0.751. The molecule has 1 aliphatic carbocycles. The van der Waals surface area contributed by atoms with Gasteiger partial charge in [0.25, 0.3) is 0 Å². The lowest BCUT2D eigenvalue weighted by atomic mass is 10.0. The molecule has 0 bridgehead atoms. The van der Waals surface area contributed by atoms with Crippen LogP contribution >= 0.6 is 22.6 Å². The molecule has 2 N–H and O–H groups in total. The van der Waals surface area contributed by atoms with Crippen LogP contribution in [0.5, 0.6) is 0 Å². The molecule has 17 heavy (non-hydrogen) atoms. The number of aromatic nitrogens is 2. The van der Waals surface area contributed by atoms with E-state index < -0.39 is 0 Å². The van der Waals surface area contributed by atoms with Gasteiger partial charge in [0.15, 0.2) is 0 Å². The predicted octanol–water partition coefficient (Wildman–Crippen LogP) is 2.38. The van der Waals surface area contributed by atoms with Crippen molar-refractivity contribution in [3.05, 3.63) is 15.1 Å². The van der Waals surface area contributed by atoms with Gasteiger partial charge < -0.3 is 10.6 Å². The fraction of sp³-hybridized carbons (Fsp3) is 0.667. The molecule has 4 nitrogen and oxygen atoms in total. The highest BCUT2D eigenvalue weighted by Crippen LogP contribution is 2.36. The van der Waals surface area contributed by atoms with Gasteiger partial charge in [0.05, 0.1) is 15.8 Å². The smallest absolute Gasteiger partial charge is 0.145 e. The number of hydrogen-bond donors (Lipinski definition) is 1. The molecule has 0 aromatic carbocycles. The first-order chi connectivity index (χ1) is 8.08. The average Bonchev–Trinajstić information content (AvgIpc) is 2.75. The second kappa shape index (κ2) is 5.48. The van der Waals surface area contributed by atoms with Crippen LogP contribution in [-0.2, 0) is 6.54 Å². The van der Waals surface area contributed by atoms with E-state index in [0.29, 0.717) is 11.7 Å². The summed E-state index contributed by atoms with van der Waals surface area (Å²) >= 11 is 2.28. The SMILES string of the molecule is CN(C)Cc1nc(N)c(I)c(C2CCCC2)n1. The molecule has 0 unspecified atom stereocenters. The number of hydrogen-bond acceptors (Lipinski definition) is 4. The Morgan fingerprint density at radius 1 is 1.29 bits per heavy atom. The normalized spacial score (nSPS) is 16.9. The Morgan fingerprint density at radius 3 is 2.53 bits per heavy atom. The van der Waals surface area contributed by atoms with Crippen LogP contribution in [0, 0.1) is 3.57 Å². The van der Waals surface area contributed by atoms with Gasteiger partial charge in [-0.2, -0.15) is 0 Å². The van der Waals surface area contributed by atoms with Gasteiger partial charge in [-0.25, -0.2) is 9.97 Å². The molecule has 1 fully saturated rings. The third-order valence-corrected chi connectivity index (χ3v) is 4.25. The molecule has 94 valence electrons. The van der Waals surface area contributed by atoms with E-state index in [9.17, 15) is 0 Å². The van der Waals surface area contributed by atoms with E-state index in [4.69, 9.17) is 10.7 Å². The topological polar surface area (TPSA) is 55.0 Å². The molecule has 1 saturated carbocycles. The molecule has 1 heterocycles. The Hall–Kier alpha value is -0.430. The Labute approximate surface area is 116 Å². The van der Waals surface area contributed by atoms with Crippen LogP contribution in [0.15, 0.2) is 0 Å². The first-order valence-corrected chi connectivity index (χ1v) is 7.12. The fourth-order valence-electron chi connectivity index (χ4n) is 2.36. The Balaban J connectivity index is 2.32. The van der Waals surface area contributed by atoms with Crippen LogP contribution in [0.25, 0.3) is 0 Å². The van der Waals surface area contributed by atoms with Crippen molar-refractivity contribution < 1.29 is 0 Å². The van der Waals surface area contributed by atoms with Crippen LogP contribution in [0.2, 0.25) is 0 Å². The number of anilines is 1. The minimum absolute atomic E-state index is 0.591. The highest BCUT2D eigenvalue weighted by atomic mass is 127. The van der Waals surface area contributed by atoms with Crippen molar-refractivity contribution in [1.29, 1.82) is 0 Å². The van der Waals surface area contributed by atoms with Crippen LogP contribution < -0.4 is 5.73 Å². The minimum Gasteiger partial charge on any atom is -0.383 e. The predicted molar refractivity (Wildman–Crippen MR) is 77.8 cm³/mol. The number of nitrogens with zero attached hydrogens (tertiary/aromatic N) is 3. The Bertz CT molecular complexity index is 400. The molecule has 1 aromatic heterocycles. The van der Waals surface area contributed by atoms with Crippen LogP contribution in [0.1, 0.15) is 43.1 Å².